The lowest BCUT2D eigenvalue weighted by atomic mass is 10.4. The van der Waals surface area contributed by atoms with Gasteiger partial charge in [-0.2, -0.15) is 5.43 Å². The minimum absolute atomic E-state index is 0.0612. The van der Waals surface area contributed by atoms with Crippen molar-refractivity contribution < 1.29 is 9.39 Å². The van der Waals surface area contributed by atoms with Gasteiger partial charge in [0.2, 0.25) is 0 Å². The average Bonchev–Trinajstić information content (AvgIpc) is 2.28. The summed E-state index contributed by atoms with van der Waals surface area (Å²) in [5, 5.41) is 0. The van der Waals surface area contributed by atoms with Crippen LogP contribution in [0.5, 0.6) is 0 Å². The summed E-state index contributed by atoms with van der Waals surface area (Å²) in [5.41, 5.74) is 2.84. The second-order valence-corrected chi connectivity index (χ2v) is 6.91. The zero-order valence-electron chi connectivity index (χ0n) is 8.10. The Labute approximate surface area is 104 Å². The van der Waals surface area contributed by atoms with Crippen molar-refractivity contribution in [2.24, 2.45) is 0 Å². The van der Waals surface area contributed by atoms with Crippen LogP contribution in [0.25, 0.3) is 0 Å². The molecule has 1 N–H and O–H groups in total. The van der Waals surface area contributed by atoms with Crippen LogP contribution >= 0.6 is 43.2 Å². The summed E-state index contributed by atoms with van der Waals surface area (Å²) in [4.78, 5) is 12.4. The monoisotopic (exact) mass is 341 g/mol. The smallest absolute Gasteiger partial charge is 0.263 e. The summed E-state index contributed by atoms with van der Waals surface area (Å²) >= 11 is 8.10. The Morgan fingerprint density at radius 1 is 1.43 bits per heavy atom. The molecule has 0 aliphatic heterocycles. The summed E-state index contributed by atoms with van der Waals surface area (Å²) in [7, 11) is 5.70. The first-order valence-corrected chi connectivity index (χ1v) is 6.29. The molecule has 1 rings (SSSR count). The summed E-state index contributed by atoms with van der Waals surface area (Å²) in [6.07, 6.45) is 0. The van der Waals surface area contributed by atoms with Crippen molar-refractivity contribution in [3.8, 4) is 0 Å². The Balaban J connectivity index is 2.80. The van der Waals surface area contributed by atoms with Crippen LogP contribution in [0, 0.1) is 0 Å². The van der Waals surface area contributed by atoms with Gasteiger partial charge in [0.15, 0.2) is 0 Å². The van der Waals surface area contributed by atoms with Gasteiger partial charge >= 0.3 is 5.91 Å². The summed E-state index contributed by atoms with van der Waals surface area (Å²) < 4.78 is 2.25. The Hall–Kier alpha value is 0.0900. The first kappa shape index (κ1) is 12.2. The van der Waals surface area contributed by atoms with Gasteiger partial charge in [-0.15, -0.1) is 11.3 Å². The third-order valence-electron chi connectivity index (χ3n) is 1.31. The van der Waals surface area contributed by atoms with Crippen LogP contribution in [-0.2, 0) is 0 Å². The Kier molecular flexibility index (Phi) is 3.74. The molecule has 3 nitrogen and oxygen atoms in total. The lowest BCUT2D eigenvalue weighted by molar-refractivity contribution is -0.905. The number of carbonyl (C=O) groups excluding carboxylic acids is 1. The highest BCUT2D eigenvalue weighted by Gasteiger charge is 2.17. The predicted molar refractivity (Wildman–Crippen MR) is 65.2 cm³/mol. The van der Waals surface area contributed by atoms with Gasteiger partial charge in [0.25, 0.3) is 0 Å². The average molecular weight is 343 g/mol. The number of carbonyl (C=O) groups is 1. The number of halogens is 2. The van der Waals surface area contributed by atoms with Crippen LogP contribution < -0.4 is 5.43 Å². The second kappa shape index (κ2) is 4.30. The number of quaternary nitrogens is 1. The molecule has 6 heteroatoms. The molecule has 0 saturated heterocycles. The van der Waals surface area contributed by atoms with Crippen LogP contribution in [0.4, 0.5) is 0 Å². The topological polar surface area (TPSA) is 29.1 Å². The number of rotatable bonds is 2. The fraction of sp³-hybridized carbons (Fsp3) is 0.375. The van der Waals surface area contributed by atoms with Crippen LogP contribution in [0.3, 0.4) is 0 Å². The van der Waals surface area contributed by atoms with Crippen LogP contribution in [-0.4, -0.2) is 31.6 Å². The molecule has 1 heterocycles. The molecular formula is C8H11Br2N2OS+. The van der Waals surface area contributed by atoms with Gasteiger partial charge in [0, 0.05) is 4.47 Å². The fourth-order valence-electron chi connectivity index (χ4n) is 0.818. The number of hydrogen-bond donors (Lipinski definition) is 1. The standard InChI is InChI=1S/C8H10Br2N2OS/c1-12(2,3)11-8(13)6-4-5(9)7(10)14-6/h4H,1-3H3/p+1. The van der Waals surface area contributed by atoms with Crippen molar-refractivity contribution >= 4 is 49.1 Å². The van der Waals surface area contributed by atoms with Crippen molar-refractivity contribution in [1.29, 1.82) is 0 Å². The Morgan fingerprint density at radius 3 is 2.36 bits per heavy atom. The Bertz CT molecular complexity index is 337. The first-order valence-electron chi connectivity index (χ1n) is 3.88. The molecule has 14 heavy (non-hydrogen) atoms. The molecule has 0 radical (unpaired) electrons. The van der Waals surface area contributed by atoms with E-state index in [1.165, 1.54) is 11.3 Å². The third kappa shape index (κ3) is 3.34. The van der Waals surface area contributed by atoms with Crippen molar-refractivity contribution in [3.05, 3.63) is 19.2 Å². The summed E-state index contributed by atoms with van der Waals surface area (Å²) in [5.74, 6) is -0.0612. The molecule has 0 aliphatic rings. The summed E-state index contributed by atoms with van der Waals surface area (Å²) in [6.45, 7) is 0. The molecule has 0 aliphatic carbocycles. The zero-order valence-corrected chi connectivity index (χ0v) is 12.1. The van der Waals surface area contributed by atoms with E-state index in [1.54, 1.807) is 6.07 Å². The second-order valence-electron chi connectivity index (χ2n) is 3.69. The van der Waals surface area contributed by atoms with E-state index in [0.29, 0.717) is 9.47 Å². The number of amides is 1. The largest absolute Gasteiger partial charge is 0.306 e. The highest BCUT2D eigenvalue weighted by Crippen LogP contribution is 2.32. The van der Waals surface area contributed by atoms with E-state index in [0.717, 1.165) is 8.26 Å². The van der Waals surface area contributed by atoms with Gasteiger partial charge in [-0.25, -0.2) is 4.59 Å². The van der Waals surface area contributed by atoms with Crippen molar-refractivity contribution in [2.75, 3.05) is 21.1 Å². The maximum atomic E-state index is 11.7. The third-order valence-corrected chi connectivity index (χ3v) is 4.56. The molecule has 78 valence electrons. The molecule has 0 bridgehead atoms. The molecule has 1 amide bonds. The van der Waals surface area contributed by atoms with E-state index >= 15 is 0 Å². The lowest BCUT2D eigenvalue weighted by Crippen LogP contribution is -2.50. The number of nitrogens with one attached hydrogen (secondary N) is 1. The van der Waals surface area contributed by atoms with E-state index < -0.39 is 0 Å². The normalized spacial score (nSPS) is 11.5. The van der Waals surface area contributed by atoms with E-state index in [4.69, 9.17) is 0 Å². The van der Waals surface area contributed by atoms with E-state index in [1.807, 2.05) is 21.1 Å². The lowest BCUT2D eigenvalue weighted by Gasteiger charge is -2.22. The predicted octanol–water partition coefficient (Wildman–Crippen LogP) is 2.62. The maximum absolute atomic E-state index is 11.7. The van der Waals surface area contributed by atoms with Gasteiger partial charge in [-0.05, 0) is 37.9 Å². The molecule has 1 aromatic rings. The maximum Gasteiger partial charge on any atom is 0.306 e. The van der Waals surface area contributed by atoms with E-state index in [2.05, 4.69) is 37.3 Å². The molecule has 0 spiro atoms. The van der Waals surface area contributed by atoms with E-state index in [9.17, 15) is 4.79 Å². The number of thiophene rings is 1. The SMILES string of the molecule is C[N+](C)(C)NC(=O)c1cc(Br)c(Br)s1. The summed E-state index contributed by atoms with van der Waals surface area (Å²) in [6, 6.07) is 1.81. The van der Waals surface area contributed by atoms with Gasteiger partial charge in [-0.1, -0.05) is 0 Å². The van der Waals surface area contributed by atoms with Crippen LogP contribution in [0.15, 0.2) is 14.3 Å². The number of hydrogen-bond acceptors (Lipinski definition) is 2. The quantitative estimate of drug-likeness (QED) is 0.649. The van der Waals surface area contributed by atoms with Gasteiger partial charge in [0.05, 0.1) is 29.8 Å². The minimum Gasteiger partial charge on any atom is -0.263 e. The van der Waals surface area contributed by atoms with Crippen molar-refractivity contribution in [3.63, 3.8) is 0 Å². The van der Waals surface area contributed by atoms with Gasteiger partial charge < -0.3 is 0 Å². The minimum atomic E-state index is -0.0612. The molecule has 0 fully saturated rings. The molecule has 1 aromatic heterocycles. The zero-order chi connectivity index (χ0) is 10.9. The van der Waals surface area contributed by atoms with Gasteiger partial charge in [0.1, 0.15) is 0 Å². The number of nitrogens with zero attached hydrogens (tertiary/aromatic N) is 1. The fourth-order valence-corrected chi connectivity index (χ4v) is 2.74. The van der Waals surface area contributed by atoms with Gasteiger partial charge in [-0.3, -0.25) is 4.79 Å². The molecule has 0 aromatic carbocycles. The highest BCUT2D eigenvalue weighted by atomic mass is 79.9. The first-order chi connectivity index (χ1) is 6.29. The molecule has 0 atom stereocenters. The molecule has 0 saturated carbocycles. The van der Waals surface area contributed by atoms with Crippen molar-refractivity contribution in [2.45, 2.75) is 0 Å². The molecule has 0 unspecified atom stereocenters. The van der Waals surface area contributed by atoms with Crippen molar-refractivity contribution in [1.82, 2.24) is 5.43 Å². The highest BCUT2D eigenvalue weighted by molar-refractivity contribution is 9.13. The van der Waals surface area contributed by atoms with E-state index in [-0.39, 0.29) is 5.91 Å². The Morgan fingerprint density at radius 2 is 2.00 bits per heavy atom. The molecular weight excluding hydrogens is 332 g/mol. The van der Waals surface area contributed by atoms with Crippen LogP contribution in [0.1, 0.15) is 9.67 Å². The van der Waals surface area contributed by atoms with Crippen LogP contribution in [0.2, 0.25) is 0 Å².